The molecule has 7 nitrogen and oxygen atoms in total. The molecule has 0 aromatic carbocycles. The summed E-state index contributed by atoms with van der Waals surface area (Å²) in [7, 11) is 0. The van der Waals surface area contributed by atoms with Gasteiger partial charge in [0, 0.05) is 25.9 Å². The zero-order valence-electron chi connectivity index (χ0n) is 35.3. The fourth-order valence-corrected chi connectivity index (χ4v) is 6.56. The monoisotopic (exact) mass is 755 g/mol. The molecule has 0 aromatic rings. The second-order valence-corrected chi connectivity index (χ2v) is 15.3. The standard InChI is InChI=1S/C47H82N2O5/c1-4-7-9-11-13-15-17-19-21-23-25-27-29-31-33-35-46(51)53-39-37-49(45(50)43-48-41-44(6-3)42-48)38-40-54-47(52)36-34-32-30-28-26-24-22-20-18-16-14-12-10-8-5-2/h13-16,19-22,44H,4-12,17-18,23-43H2,1-3H3/b15-13-,16-14-,21-19-,22-20-. The van der Waals surface area contributed by atoms with Gasteiger partial charge in [-0.05, 0) is 83.0 Å². The van der Waals surface area contributed by atoms with E-state index in [1.807, 2.05) is 0 Å². The Hall–Kier alpha value is -2.67. The number of nitrogens with zero attached hydrogens (tertiary/aromatic N) is 2. The number of carbonyl (C=O) groups is 3. The predicted octanol–water partition coefficient (Wildman–Crippen LogP) is 11.9. The van der Waals surface area contributed by atoms with E-state index in [9.17, 15) is 14.4 Å². The number of hydrogen-bond acceptors (Lipinski definition) is 6. The fraction of sp³-hybridized carbons (Fsp3) is 0.766. The summed E-state index contributed by atoms with van der Waals surface area (Å²) in [5, 5.41) is 0. The quantitative estimate of drug-likeness (QED) is 0.0357. The molecular formula is C47H82N2O5. The summed E-state index contributed by atoms with van der Waals surface area (Å²) in [4.78, 5) is 41.8. The zero-order valence-corrected chi connectivity index (χ0v) is 35.3. The van der Waals surface area contributed by atoms with Crippen molar-refractivity contribution in [3.63, 3.8) is 0 Å². The van der Waals surface area contributed by atoms with Crippen LogP contribution in [0.5, 0.6) is 0 Å². The van der Waals surface area contributed by atoms with Gasteiger partial charge in [0.2, 0.25) is 5.91 Å². The van der Waals surface area contributed by atoms with Crippen molar-refractivity contribution in [2.24, 2.45) is 5.92 Å². The maximum atomic E-state index is 13.1. The number of carbonyl (C=O) groups excluding carboxylic acids is 3. The average Bonchev–Trinajstić information content (AvgIpc) is 3.15. The molecule has 0 atom stereocenters. The third-order valence-electron chi connectivity index (χ3n) is 10.2. The second-order valence-electron chi connectivity index (χ2n) is 15.3. The molecule has 1 saturated heterocycles. The maximum absolute atomic E-state index is 13.1. The van der Waals surface area contributed by atoms with Crippen molar-refractivity contribution >= 4 is 17.8 Å². The molecule has 0 aromatic heterocycles. The van der Waals surface area contributed by atoms with E-state index in [0.717, 1.165) is 83.7 Å². The van der Waals surface area contributed by atoms with Crippen LogP contribution < -0.4 is 0 Å². The molecule has 0 saturated carbocycles. The molecule has 1 fully saturated rings. The van der Waals surface area contributed by atoms with E-state index in [0.29, 0.717) is 38.4 Å². The second kappa shape index (κ2) is 37.3. The number of esters is 2. The van der Waals surface area contributed by atoms with Gasteiger partial charge in [0.15, 0.2) is 0 Å². The highest BCUT2D eigenvalue weighted by Crippen LogP contribution is 2.18. The first kappa shape index (κ1) is 49.3. The number of hydrogen-bond donors (Lipinski definition) is 0. The van der Waals surface area contributed by atoms with Crippen LogP contribution in [0.1, 0.15) is 181 Å². The molecule has 1 rings (SSSR count). The molecule has 54 heavy (non-hydrogen) atoms. The number of likely N-dealkylation sites (tertiary alicyclic amines) is 1. The van der Waals surface area contributed by atoms with Gasteiger partial charge in [0.25, 0.3) is 0 Å². The molecule has 7 heteroatoms. The Morgan fingerprint density at radius 1 is 0.537 bits per heavy atom. The van der Waals surface area contributed by atoms with E-state index in [2.05, 4.69) is 74.3 Å². The number of allylic oxidation sites excluding steroid dienone is 8. The predicted molar refractivity (Wildman–Crippen MR) is 227 cm³/mol. The Labute approximate surface area is 332 Å². The minimum Gasteiger partial charge on any atom is -0.464 e. The summed E-state index contributed by atoms with van der Waals surface area (Å²) in [5.74, 6) is 0.256. The van der Waals surface area contributed by atoms with E-state index < -0.39 is 0 Å². The van der Waals surface area contributed by atoms with E-state index in [1.54, 1.807) is 4.90 Å². The Balaban J connectivity index is 2.18. The van der Waals surface area contributed by atoms with Crippen molar-refractivity contribution in [1.82, 2.24) is 9.80 Å². The van der Waals surface area contributed by atoms with Crippen molar-refractivity contribution in [3.05, 3.63) is 48.6 Å². The normalized spacial score (nSPS) is 13.8. The summed E-state index contributed by atoms with van der Waals surface area (Å²) in [6.45, 7) is 9.89. The minimum atomic E-state index is -0.203. The van der Waals surface area contributed by atoms with Crippen molar-refractivity contribution in [1.29, 1.82) is 0 Å². The molecule has 1 heterocycles. The van der Waals surface area contributed by atoms with Gasteiger partial charge >= 0.3 is 11.9 Å². The van der Waals surface area contributed by atoms with Crippen LogP contribution in [0, 0.1) is 5.92 Å². The highest BCUT2D eigenvalue weighted by molar-refractivity contribution is 5.78. The van der Waals surface area contributed by atoms with Crippen LogP contribution in [-0.2, 0) is 23.9 Å². The number of unbranched alkanes of at least 4 members (excludes halogenated alkanes) is 16. The molecule has 0 bridgehead atoms. The van der Waals surface area contributed by atoms with Crippen LogP contribution >= 0.6 is 0 Å². The van der Waals surface area contributed by atoms with E-state index >= 15 is 0 Å². The van der Waals surface area contributed by atoms with Gasteiger partial charge in [-0.2, -0.15) is 0 Å². The molecule has 310 valence electrons. The van der Waals surface area contributed by atoms with Gasteiger partial charge in [0.05, 0.1) is 19.6 Å². The van der Waals surface area contributed by atoms with Crippen molar-refractivity contribution in [3.8, 4) is 0 Å². The lowest BCUT2D eigenvalue weighted by Gasteiger charge is -2.39. The van der Waals surface area contributed by atoms with Crippen LogP contribution in [-0.4, -0.2) is 73.6 Å². The smallest absolute Gasteiger partial charge is 0.305 e. The van der Waals surface area contributed by atoms with E-state index in [4.69, 9.17) is 9.47 Å². The van der Waals surface area contributed by atoms with Gasteiger partial charge in [-0.15, -0.1) is 0 Å². The summed E-state index contributed by atoms with van der Waals surface area (Å²) < 4.78 is 11.0. The largest absolute Gasteiger partial charge is 0.464 e. The summed E-state index contributed by atoms with van der Waals surface area (Å²) in [6.07, 6.45) is 45.4. The lowest BCUT2D eigenvalue weighted by Crippen LogP contribution is -2.52. The van der Waals surface area contributed by atoms with Crippen LogP contribution in [0.15, 0.2) is 48.6 Å². The first-order chi connectivity index (χ1) is 26.5. The van der Waals surface area contributed by atoms with E-state index in [-0.39, 0.29) is 31.1 Å². The van der Waals surface area contributed by atoms with Gasteiger partial charge in [0.1, 0.15) is 13.2 Å². The molecule has 0 radical (unpaired) electrons. The van der Waals surface area contributed by atoms with Gasteiger partial charge in [-0.25, -0.2) is 0 Å². The Bertz CT molecular complexity index is 965. The fourth-order valence-electron chi connectivity index (χ4n) is 6.56. The van der Waals surface area contributed by atoms with Gasteiger partial charge in [-0.3, -0.25) is 19.3 Å². The maximum Gasteiger partial charge on any atom is 0.305 e. The van der Waals surface area contributed by atoms with Gasteiger partial charge in [-0.1, -0.05) is 140 Å². The zero-order chi connectivity index (χ0) is 39.2. The highest BCUT2D eigenvalue weighted by Gasteiger charge is 2.28. The van der Waals surface area contributed by atoms with Crippen LogP contribution in [0.25, 0.3) is 0 Å². The topological polar surface area (TPSA) is 76.1 Å². The summed E-state index contributed by atoms with van der Waals surface area (Å²) >= 11 is 0. The average molecular weight is 755 g/mol. The summed E-state index contributed by atoms with van der Waals surface area (Å²) in [5.41, 5.74) is 0. The third kappa shape index (κ3) is 30.6. The van der Waals surface area contributed by atoms with Crippen molar-refractivity contribution in [2.75, 3.05) is 45.9 Å². The number of amides is 1. The SMILES string of the molecule is CCCCC/C=C\C/C=C\CCCCCCCC(=O)OCCN(CCOC(=O)CCCCCCC/C=C\C/C=C\CCCCC)C(=O)CN1CC(CC)C1. The first-order valence-corrected chi connectivity index (χ1v) is 22.4. The lowest BCUT2D eigenvalue weighted by atomic mass is 9.97. The number of ether oxygens (including phenoxy) is 2. The Morgan fingerprint density at radius 3 is 1.33 bits per heavy atom. The number of rotatable bonds is 37. The highest BCUT2D eigenvalue weighted by atomic mass is 16.5. The molecule has 1 amide bonds. The van der Waals surface area contributed by atoms with Crippen LogP contribution in [0.4, 0.5) is 0 Å². The minimum absolute atomic E-state index is 0.000844. The van der Waals surface area contributed by atoms with Crippen molar-refractivity contribution in [2.45, 2.75) is 181 Å². The van der Waals surface area contributed by atoms with Crippen molar-refractivity contribution < 1.29 is 23.9 Å². The lowest BCUT2D eigenvalue weighted by molar-refractivity contribution is -0.148. The first-order valence-electron chi connectivity index (χ1n) is 22.4. The molecule has 0 N–H and O–H groups in total. The third-order valence-corrected chi connectivity index (χ3v) is 10.2. The summed E-state index contributed by atoms with van der Waals surface area (Å²) in [6, 6.07) is 0. The molecule has 0 spiro atoms. The van der Waals surface area contributed by atoms with E-state index in [1.165, 1.54) is 77.0 Å². The molecule has 0 unspecified atom stereocenters. The molecule has 1 aliphatic rings. The molecule has 1 aliphatic heterocycles. The van der Waals surface area contributed by atoms with Gasteiger partial charge < -0.3 is 14.4 Å². The Morgan fingerprint density at radius 2 is 0.926 bits per heavy atom. The van der Waals surface area contributed by atoms with Crippen LogP contribution in [0.3, 0.4) is 0 Å². The Kier molecular flexibility index (Phi) is 34.1. The molecular weight excluding hydrogens is 673 g/mol. The molecule has 0 aliphatic carbocycles. The van der Waals surface area contributed by atoms with Crippen LogP contribution in [0.2, 0.25) is 0 Å².